The summed E-state index contributed by atoms with van der Waals surface area (Å²) in [5, 5.41) is 8.31. The van der Waals surface area contributed by atoms with Gasteiger partial charge in [0.25, 0.3) is 0 Å². The van der Waals surface area contributed by atoms with Crippen LogP contribution in [0.4, 0.5) is 0 Å². The van der Waals surface area contributed by atoms with Crippen molar-refractivity contribution in [3.63, 3.8) is 0 Å². The monoisotopic (exact) mass is 209 g/mol. The molecule has 0 saturated heterocycles. The normalized spacial score (nSPS) is 13.7. The van der Waals surface area contributed by atoms with Crippen molar-refractivity contribution in [3.05, 3.63) is 11.6 Å². The first-order valence-electron chi connectivity index (χ1n) is 2.71. The van der Waals surface area contributed by atoms with Crippen molar-refractivity contribution in [3.8, 4) is 0 Å². The SMILES string of the molecule is Br.CC(=CC(C)N)C(=O)O. The summed E-state index contributed by atoms with van der Waals surface area (Å²) in [5.41, 5.74) is 5.59. The van der Waals surface area contributed by atoms with E-state index in [1.165, 1.54) is 13.0 Å². The molecule has 0 aromatic heterocycles. The average molecular weight is 210 g/mol. The maximum absolute atomic E-state index is 10.1. The molecule has 0 bridgehead atoms. The van der Waals surface area contributed by atoms with Crippen LogP contribution in [-0.4, -0.2) is 17.1 Å². The van der Waals surface area contributed by atoms with Crippen LogP contribution in [0.5, 0.6) is 0 Å². The van der Waals surface area contributed by atoms with E-state index >= 15 is 0 Å². The number of carboxylic acid groups (broad SMARTS) is 1. The van der Waals surface area contributed by atoms with Gasteiger partial charge in [-0.2, -0.15) is 0 Å². The fourth-order valence-electron chi connectivity index (χ4n) is 0.466. The van der Waals surface area contributed by atoms with Crippen LogP contribution in [0.3, 0.4) is 0 Å². The van der Waals surface area contributed by atoms with Gasteiger partial charge in [-0.25, -0.2) is 4.79 Å². The Bertz CT molecular complexity index is 143. The lowest BCUT2D eigenvalue weighted by Crippen LogP contribution is -2.13. The lowest BCUT2D eigenvalue weighted by Gasteiger charge is -1.95. The third-order valence-corrected chi connectivity index (χ3v) is 0.850. The maximum atomic E-state index is 10.1. The van der Waals surface area contributed by atoms with Crippen molar-refractivity contribution >= 4 is 23.0 Å². The van der Waals surface area contributed by atoms with E-state index in [1.54, 1.807) is 6.92 Å². The molecular formula is C6H12BrNO2. The minimum Gasteiger partial charge on any atom is -0.478 e. The van der Waals surface area contributed by atoms with Crippen LogP contribution in [0, 0.1) is 0 Å². The van der Waals surface area contributed by atoms with Gasteiger partial charge in [-0.05, 0) is 13.8 Å². The van der Waals surface area contributed by atoms with E-state index in [0.717, 1.165) is 0 Å². The molecule has 0 aromatic carbocycles. The lowest BCUT2D eigenvalue weighted by molar-refractivity contribution is -0.132. The molecule has 0 aliphatic heterocycles. The van der Waals surface area contributed by atoms with E-state index in [9.17, 15) is 4.79 Å². The molecule has 0 aromatic rings. The van der Waals surface area contributed by atoms with Crippen molar-refractivity contribution in [2.75, 3.05) is 0 Å². The number of aliphatic carboxylic acids is 1. The number of hydrogen-bond acceptors (Lipinski definition) is 2. The molecule has 0 radical (unpaired) electrons. The standard InChI is InChI=1S/C6H11NO2.BrH/c1-4(6(8)9)3-5(2)7;/h3,5H,7H2,1-2H3,(H,8,9);1H. The highest BCUT2D eigenvalue weighted by Gasteiger charge is 1.98. The van der Waals surface area contributed by atoms with Gasteiger partial charge < -0.3 is 10.8 Å². The minimum atomic E-state index is -0.910. The topological polar surface area (TPSA) is 63.3 Å². The number of hydrogen-bond donors (Lipinski definition) is 2. The highest BCUT2D eigenvalue weighted by molar-refractivity contribution is 8.93. The van der Waals surface area contributed by atoms with Gasteiger partial charge >= 0.3 is 5.97 Å². The molecule has 0 fully saturated rings. The second kappa shape index (κ2) is 5.44. The van der Waals surface area contributed by atoms with Gasteiger partial charge in [-0.15, -0.1) is 17.0 Å². The van der Waals surface area contributed by atoms with E-state index in [2.05, 4.69) is 0 Å². The van der Waals surface area contributed by atoms with Crippen molar-refractivity contribution < 1.29 is 9.90 Å². The van der Waals surface area contributed by atoms with E-state index < -0.39 is 5.97 Å². The zero-order chi connectivity index (χ0) is 7.44. The summed E-state index contributed by atoms with van der Waals surface area (Å²) in [4.78, 5) is 10.1. The number of nitrogens with two attached hydrogens (primary N) is 1. The highest BCUT2D eigenvalue weighted by Crippen LogP contribution is 1.92. The molecule has 0 amide bonds. The molecule has 10 heavy (non-hydrogen) atoms. The van der Waals surface area contributed by atoms with Gasteiger partial charge in [0, 0.05) is 11.6 Å². The quantitative estimate of drug-likeness (QED) is 0.666. The van der Waals surface area contributed by atoms with Crippen molar-refractivity contribution in [2.45, 2.75) is 19.9 Å². The van der Waals surface area contributed by atoms with Gasteiger partial charge in [0.15, 0.2) is 0 Å². The largest absolute Gasteiger partial charge is 0.478 e. The second-order valence-corrected chi connectivity index (χ2v) is 2.01. The number of carbonyl (C=O) groups is 1. The van der Waals surface area contributed by atoms with Crippen LogP contribution < -0.4 is 5.73 Å². The molecule has 1 unspecified atom stereocenters. The average Bonchev–Trinajstić information content (AvgIpc) is 1.63. The van der Waals surface area contributed by atoms with Crippen LogP contribution in [-0.2, 0) is 4.79 Å². The van der Waals surface area contributed by atoms with Crippen molar-refractivity contribution in [1.29, 1.82) is 0 Å². The van der Waals surface area contributed by atoms with Gasteiger partial charge in [-0.1, -0.05) is 6.08 Å². The molecule has 0 spiro atoms. The summed E-state index contributed by atoms with van der Waals surface area (Å²) in [7, 11) is 0. The highest BCUT2D eigenvalue weighted by atomic mass is 79.9. The zero-order valence-electron chi connectivity index (χ0n) is 6.00. The molecule has 0 heterocycles. The molecule has 0 aliphatic carbocycles. The summed E-state index contributed by atoms with van der Waals surface area (Å²) in [6, 6.07) is -0.180. The Morgan fingerprint density at radius 1 is 1.70 bits per heavy atom. The van der Waals surface area contributed by atoms with Gasteiger partial charge in [0.1, 0.15) is 0 Å². The Labute approximate surface area is 70.7 Å². The predicted octanol–water partition coefficient (Wildman–Crippen LogP) is 0.942. The van der Waals surface area contributed by atoms with Crippen LogP contribution in [0.25, 0.3) is 0 Å². The lowest BCUT2D eigenvalue weighted by atomic mass is 10.2. The molecule has 3 N–H and O–H groups in total. The number of halogens is 1. The third-order valence-electron chi connectivity index (χ3n) is 0.850. The Kier molecular flexibility index (Phi) is 6.71. The van der Waals surface area contributed by atoms with E-state index in [1.807, 2.05) is 0 Å². The maximum Gasteiger partial charge on any atom is 0.331 e. The second-order valence-electron chi connectivity index (χ2n) is 2.01. The number of carboxylic acids is 1. The first-order valence-corrected chi connectivity index (χ1v) is 2.71. The zero-order valence-corrected chi connectivity index (χ0v) is 7.71. The number of rotatable bonds is 2. The summed E-state index contributed by atoms with van der Waals surface area (Å²) in [6.07, 6.45) is 1.50. The fourth-order valence-corrected chi connectivity index (χ4v) is 0.466. The molecule has 4 heteroatoms. The Hall–Kier alpha value is -0.350. The molecular weight excluding hydrogens is 198 g/mol. The van der Waals surface area contributed by atoms with Crippen LogP contribution >= 0.6 is 17.0 Å². The van der Waals surface area contributed by atoms with E-state index in [0.29, 0.717) is 5.57 Å². The molecule has 0 aliphatic rings. The fraction of sp³-hybridized carbons (Fsp3) is 0.500. The molecule has 60 valence electrons. The van der Waals surface area contributed by atoms with Gasteiger partial charge in [0.05, 0.1) is 0 Å². The summed E-state index contributed by atoms with van der Waals surface area (Å²) in [5.74, 6) is -0.910. The Morgan fingerprint density at radius 2 is 2.10 bits per heavy atom. The van der Waals surface area contributed by atoms with E-state index in [-0.39, 0.29) is 23.0 Å². The molecule has 3 nitrogen and oxygen atoms in total. The van der Waals surface area contributed by atoms with Gasteiger partial charge in [-0.3, -0.25) is 0 Å². The van der Waals surface area contributed by atoms with Crippen LogP contribution in [0.15, 0.2) is 11.6 Å². The third kappa shape index (κ3) is 5.78. The van der Waals surface area contributed by atoms with E-state index in [4.69, 9.17) is 10.8 Å². The van der Waals surface area contributed by atoms with Gasteiger partial charge in [0.2, 0.25) is 0 Å². The first kappa shape index (κ1) is 12.3. The van der Waals surface area contributed by atoms with Crippen molar-refractivity contribution in [1.82, 2.24) is 0 Å². The smallest absolute Gasteiger partial charge is 0.331 e. The summed E-state index contributed by atoms with van der Waals surface area (Å²) >= 11 is 0. The molecule has 0 rings (SSSR count). The van der Waals surface area contributed by atoms with Crippen LogP contribution in [0.1, 0.15) is 13.8 Å². The minimum absolute atomic E-state index is 0. The molecule has 1 atom stereocenters. The predicted molar refractivity (Wildman–Crippen MR) is 45.4 cm³/mol. The molecule has 0 saturated carbocycles. The van der Waals surface area contributed by atoms with Crippen molar-refractivity contribution in [2.24, 2.45) is 5.73 Å². The first-order chi connectivity index (χ1) is 4.04. The Balaban J connectivity index is 0. The summed E-state index contributed by atoms with van der Waals surface area (Å²) < 4.78 is 0. The summed E-state index contributed by atoms with van der Waals surface area (Å²) in [6.45, 7) is 3.25. The van der Waals surface area contributed by atoms with Crippen LogP contribution in [0.2, 0.25) is 0 Å². The Morgan fingerprint density at radius 3 is 2.20 bits per heavy atom.